The molecular weight excluding hydrogens is 547 g/mol. The maximum atomic E-state index is 13.5. The number of carbonyl (C=O) groups excluding carboxylic acids is 1. The van der Waals surface area contributed by atoms with Crippen LogP contribution >= 0.6 is 35.3 Å². The van der Waals surface area contributed by atoms with Crippen molar-refractivity contribution in [2.45, 2.75) is 102 Å². The van der Waals surface area contributed by atoms with E-state index in [2.05, 4.69) is 144 Å². The monoisotopic (exact) mass is 591 g/mol. The quantitative estimate of drug-likeness (QED) is 0.149. The molecule has 3 aromatic carbocycles. The van der Waals surface area contributed by atoms with E-state index in [-0.39, 0.29) is 20.1 Å². The molecule has 0 heterocycles. The summed E-state index contributed by atoms with van der Waals surface area (Å²) >= 11 is 5.64. The molecular formula is C35H45NOS3. The SMILES string of the molecule is C=C(C)C(=O)NC(CC(C)(C)Sc1ccccc1)(CC(C)(C)Sc1ccccc1)CC(C)(C)Sc1ccccc1. The highest BCUT2D eigenvalue weighted by Crippen LogP contribution is 2.49. The number of hydrogen-bond donors (Lipinski definition) is 1. The van der Waals surface area contributed by atoms with E-state index in [9.17, 15) is 4.79 Å². The second-order valence-corrected chi connectivity index (χ2v) is 17.9. The summed E-state index contributed by atoms with van der Waals surface area (Å²) < 4.78 is -0.403. The number of rotatable bonds is 14. The normalized spacial score (nSPS) is 12.7. The fourth-order valence-electron chi connectivity index (χ4n) is 5.64. The Morgan fingerprint density at radius 3 is 1.12 bits per heavy atom. The molecule has 0 atom stereocenters. The molecule has 0 fully saturated rings. The van der Waals surface area contributed by atoms with Crippen LogP contribution in [0.4, 0.5) is 0 Å². The Bertz CT molecular complexity index is 1100. The first-order valence-electron chi connectivity index (χ1n) is 13.9. The summed E-state index contributed by atoms with van der Waals surface area (Å²) in [6.45, 7) is 19.6. The van der Waals surface area contributed by atoms with E-state index in [4.69, 9.17) is 0 Å². The molecule has 0 aliphatic rings. The second kappa shape index (κ2) is 13.7. The standard InChI is InChI=1S/C35H45NOS3/c1-27(2)31(37)36-35(24-32(3,4)38-28-18-12-9-13-19-28,25-33(5,6)39-29-20-14-10-15-21-29)26-34(7,8)40-30-22-16-11-17-23-30/h9-23H,1,24-26H2,2-8H3,(H,36,37). The highest BCUT2D eigenvalue weighted by Gasteiger charge is 2.46. The van der Waals surface area contributed by atoms with Crippen LogP contribution in [0.25, 0.3) is 0 Å². The number of carbonyl (C=O) groups is 1. The van der Waals surface area contributed by atoms with Crippen LogP contribution in [0.15, 0.2) is 118 Å². The average molecular weight is 592 g/mol. The molecule has 0 spiro atoms. The van der Waals surface area contributed by atoms with Crippen molar-refractivity contribution in [1.82, 2.24) is 5.32 Å². The van der Waals surface area contributed by atoms with Gasteiger partial charge in [0.1, 0.15) is 0 Å². The van der Waals surface area contributed by atoms with Gasteiger partial charge in [-0.15, -0.1) is 35.3 Å². The molecule has 0 unspecified atom stereocenters. The summed E-state index contributed by atoms with van der Waals surface area (Å²) in [5, 5.41) is 3.58. The molecule has 3 rings (SSSR count). The Morgan fingerprint density at radius 2 is 0.875 bits per heavy atom. The predicted molar refractivity (Wildman–Crippen MR) is 179 cm³/mol. The van der Waals surface area contributed by atoms with E-state index in [1.54, 1.807) is 6.92 Å². The van der Waals surface area contributed by atoms with Crippen LogP contribution < -0.4 is 5.32 Å². The number of amides is 1. The van der Waals surface area contributed by atoms with Gasteiger partial charge in [-0.2, -0.15) is 0 Å². The van der Waals surface area contributed by atoms with Crippen molar-refractivity contribution >= 4 is 41.2 Å². The van der Waals surface area contributed by atoms with Crippen molar-refractivity contribution in [1.29, 1.82) is 0 Å². The fourth-order valence-corrected chi connectivity index (χ4v) is 9.48. The lowest BCUT2D eigenvalue weighted by molar-refractivity contribution is -0.119. The molecule has 0 radical (unpaired) electrons. The lowest BCUT2D eigenvalue weighted by Gasteiger charge is -2.48. The Labute approximate surface area is 255 Å². The van der Waals surface area contributed by atoms with E-state index in [1.165, 1.54) is 14.7 Å². The zero-order chi connectivity index (χ0) is 29.4. The van der Waals surface area contributed by atoms with Crippen molar-refractivity contribution in [3.8, 4) is 0 Å². The topological polar surface area (TPSA) is 29.1 Å². The number of thioether (sulfide) groups is 3. The van der Waals surface area contributed by atoms with E-state index in [0.717, 1.165) is 19.3 Å². The summed E-state index contributed by atoms with van der Waals surface area (Å²) in [6.07, 6.45) is 2.45. The first-order valence-corrected chi connectivity index (χ1v) is 16.3. The van der Waals surface area contributed by atoms with Gasteiger partial charge in [-0.1, -0.05) is 103 Å². The van der Waals surface area contributed by atoms with Gasteiger partial charge >= 0.3 is 0 Å². The van der Waals surface area contributed by atoms with Crippen LogP contribution in [0.1, 0.15) is 67.7 Å². The number of nitrogens with one attached hydrogen (secondary N) is 1. The first kappa shape index (κ1) is 32.4. The van der Waals surface area contributed by atoms with E-state index in [0.29, 0.717) is 5.57 Å². The minimum absolute atomic E-state index is 0.0680. The van der Waals surface area contributed by atoms with E-state index in [1.807, 2.05) is 35.3 Å². The molecule has 1 N–H and O–H groups in total. The van der Waals surface area contributed by atoms with Crippen molar-refractivity contribution < 1.29 is 4.79 Å². The molecule has 0 aliphatic carbocycles. The third-order valence-electron chi connectivity index (χ3n) is 6.47. The molecule has 0 saturated carbocycles. The van der Waals surface area contributed by atoms with Gasteiger partial charge in [0, 0.05) is 40.0 Å². The third kappa shape index (κ3) is 10.7. The molecule has 0 saturated heterocycles. The lowest BCUT2D eigenvalue weighted by atomic mass is 9.75. The van der Waals surface area contributed by atoms with Crippen LogP contribution in [0.5, 0.6) is 0 Å². The maximum absolute atomic E-state index is 13.5. The van der Waals surface area contributed by atoms with Gasteiger partial charge in [-0.25, -0.2) is 0 Å². The van der Waals surface area contributed by atoms with Crippen LogP contribution in [-0.2, 0) is 4.79 Å². The summed E-state index contributed by atoms with van der Waals surface area (Å²) in [6, 6.07) is 31.7. The van der Waals surface area contributed by atoms with Crippen LogP contribution in [-0.4, -0.2) is 25.7 Å². The highest BCUT2D eigenvalue weighted by atomic mass is 32.2. The Morgan fingerprint density at radius 1 is 0.600 bits per heavy atom. The fraction of sp³-hybridized carbons (Fsp3) is 0.400. The van der Waals surface area contributed by atoms with E-state index < -0.39 is 5.54 Å². The lowest BCUT2D eigenvalue weighted by Crippen LogP contribution is -2.57. The summed E-state index contributed by atoms with van der Waals surface area (Å²) in [5.41, 5.74) is 0.0673. The van der Waals surface area contributed by atoms with Gasteiger partial charge in [0.05, 0.1) is 0 Å². The van der Waals surface area contributed by atoms with Crippen LogP contribution in [0.3, 0.4) is 0 Å². The largest absolute Gasteiger partial charge is 0.347 e. The highest BCUT2D eigenvalue weighted by molar-refractivity contribution is 8.01. The predicted octanol–water partition coefficient (Wildman–Crippen LogP) is 10.3. The maximum Gasteiger partial charge on any atom is 0.246 e. The van der Waals surface area contributed by atoms with Crippen LogP contribution in [0, 0.1) is 0 Å². The minimum atomic E-state index is -0.474. The molecule has 214 valence electrons. The molecule has 3 aromatic rings. The molecule has 5 heteroatoms. The Hall–Kier alpha value is -2.08. The van der Waals surface area contributed by atoms with Crippen molar-refractivity contribution in [2.75, 3.05) is 0 Å². The Kier molecular flexibility index (Phi) is 11.1. The van der Waals surface area contributed by atoms with Gasteiger partial charge in [0.2, 0.25) is 5.91 Å². The molecule has 0 aliphatic heterocycles. The van der Waals surface area contributed by atoms with Crippen molar-refractivity contribution in [3.63, 3.8) is 0 Å². The molecule has 0 bridgehead atoms. The van der Waals surface area contributed by atoms with E-state index >= 15 is 0 Å². The molecule has 0 aromatic heterocycles. The summed E-state index contributed by atoms with van der Waals surface area (Å²) in [5.74, 6) is -0.0680. The van der Waals surface area contributed by atoms with Gasteiger partial charge < -0.3 is 5.32 Å². The van der Waals surface area contributed by atoms with Gasteiger partial charge in [-0.3, -0.25) is 4.79 Å². The van der Waals surface area contributed by atoms with Crippen LogP contribution in [0.2, 0.25) is 0 Å². The average Bonchev–Trinajstić information content (AvgIpc) is 2.83. The molecule has 40 heavy (non-hydrogen) atoms. The zero-order valence-corrected chi connectivity index (χ0v) is 27.6. The molecule has 1 amide bonds. The molecule has 2 nitrogen and oxygen atoms in total. The number of hydrogen-bond acceptors (Lipinski definition) is 4. The van der Waals surface area contributed by atoms with Crippen molar-refractivity contribution in [3.05, 3.63) is 103 Å². The smallest absolute Gasteiger partial charge is 0.246 e. The third-order valence-corrected chi connectivity index (χ3v) is 10.1. The zero-order valence-electron chi connectivity index (χ0n) is 25.1. The summed E-state index contributed by atoms with van der Waals surface area (Å²) in [4.78, 5) is 17.2. The van der Waals surface area contributed by atoms with Crippen molar-refractivity contribution in [2.24, 2.45) is 0 Å². The first-order chi connectivity index (χ1) is 18.7. The van der Waals surface area contributed by atoms with Gasteiger partial charge in [0.25, 0.3) is 0 Å². The second-order valence-electron chi connectivity index (χ2n) is 12.6. The Balaban J connectivity index is 2.04. The summed E-state index contributed by atoms with van der Waals surface area (Å²) in [7, 11) is 0. The van der Waals surface area contributed by atoms with Gasteiger partial charge in [0.15, 0.2) is 0 Å². The van der Waals surface area contributed by atoms with Gasteiger partial charge in [-0.05, 0) is 62.6 Å². The number of benzene rings is 3. The minimum Gasteiger partial charge on any atom is -0.347 e.